The third-order valence-electron chi connectivity index (χ3n) is 3.58. The highest BCUT2D eigenvalue weighted by Gasteiger charge is 2.21. The van der Waals surface area contributed by atoms with Gasteiger partial charge in [0.05, 0.1) is 10.4 Å². The van der Waals surface area contributed by atoms with Crippen molar-refractivity contribution in [3.05, 3.63) is 24.0 Å². The fourth-order valence-electron chi connectivity index (χ4n) is 2.60. The van der Waals surface area contributed by atoms with Crippen LogP contribution in [0.1, 0.15) is 24.6 Å². The lowest BCUT2D eigenvalue weighted by Gasteiger charge is -2.20. The highest BCUT2D eigenvalue weighted by molar-refractivity contribution is 7.91. The van der Waals surface area contributed by atoms with Crippen molar-refractivity contribution in [2.75, 3.05) is 19.3 Å². The van der Waals surface area contributed by atoms with Gasteiger partial charge < -0.3 is 10.3 Å². The van der Waals surface area contributed by atoms with Crippen molar-refractivity contribution in [3.63, 3.8) is 0 Å². The Morgan fingerprint density at radius 3 is 2.89 bits per heavy atom. The van der Waals surface area contributed by atoms with Crippen LogP contribution < -0.4 is 5.32 Å². The molecule has 0 bridgehead atoms. The van der Waals surface area contributed by atoms with Crippen LogP contribution in [0.2, 0.25) is 0 Å². The molecule has 1 fully saturated rings. The fraction of sp³-hybridized carbons (Fsp3) is 0.462. The molecule has 1 atom stereocenters. The monoisotopic (exact) mass is 279 g/mol. The molecule has 1 aliphatic rings. The number of rotatable bonds is 2. The molecule has 0 radical (unpaired) electrons. The van der Waals surface area contributed by atoms with E-state index in [0.717, 1.165) is 37.3 Å². The highest BCUT2D eigenvalue weighted by atomic mass is 32.2. The van der Waals surface area contributed by atoms with Gasteiger partial charge in [0.1, 0.15) is 11.3 Å². The van der Waals surface area contributed by atoms with E-state index in [1.54, 1.807) is 12.1 Å². The molecular weight excluding hydrogens is 262 g/mol. The van der Waals surface area contributed by atoms with E-state index in [-0.39, 0.29) is 0 Å². The summed E-state index contributed by atoms with van der Waals surface area (Å²) in [6, 6.07) is 5.23. The van der Waals surface area contributed by atoms with E-state index in [4.69, 9.17) is 0 Å². The molecule has 1 aliphatic heterocycles. The number of H-pyrrole nitrogens is 1. The van der Waals surface area contributed by atoms with Crippen molar-refractivity contribution in [2.45, 2.75) is 23.7 Å². The third kappa shape index (κ3) is 2.37. The minimum absolute atomic E-state index is 0.302. The largest absolute Gasteiger partial charge is 0.342 e. The van der Waals surface area contributed by atoms with Crippen LogP contribution in [0.5, 0.6) is 0 Å². The summed E-state index contributed by atoms with van der Waals surface area (Å²) >= 11 is 0. The molecule has 6 heteroatoms. The first-order chi connectivity index (χ1) is 9.05. The number of hydrogen-bond acceptors (Lipinski definition) is 4. The van der Waals surface area contributed by atoms with E-state index >= 15 is 0 Å². The van der Waals surface area contributed by atoms with Crippen LogP contribution in [0.4, 0.5) is 0 Å². The van der Waals surface area contributed by atoms with Gasteiger partial charge in [-0.15, -0.1) is 0 Å². The molecule has 5 nitrogen and oxygen atoms in total. The molecule has 0 spiro atoms. The standard InChI is InChI=1S/C13H17N3O2S/c1-19(17,18)11-6-2-5-10-12(11)16-13(15-10)9-4-3-7-14-8-9/h2,5-6,9,14H,3-4,7-8H2,1H3,(H,15,16). The first-order valence-electron chi connectivity index (χ1n) is 6.45. The SMILES string of the molecule is CS(=O)(=O)c1cccc2[nH]c(C3CCCNC3)nc12. The number of nitrogens with one attached hydrogen (secondary N) is 2. The molecule has 102 valence electrons. The summed E-state index contributed by atoms with van der Waals surface area (Å²) in [5, 5.41) is 3.34. The van der Waals surface area contributed by atoms with Gasteiger partial charge in [0.2, 0.25) is 0 Å². The maximum atomic E-state index is 11.8. The van der Waals surface area contributed by atoms with Crippen molar-refractivity contribution in [1.29, 1.82) is 0 Å². The van der Waals surface area contributed by atoms with Gasteiger partial charge in [0.25, 0.3) is 0 Å². The van der Waals surface area contributed by atoms with Crippen molar-refractivity contribution >= 4 is 20.9 Å². The second kappa shape index (κ2) is 4.61. The zero-order valence-corrected chi connectivity index (χ0v) is 11.6. The topological polar surface area (TPSA) is 74.8 Å². The van der Waals surface area contributed by atoms with Crippen LogP contribution in [0.15, 0.2) is 23.1 Å². The van der Waals surface area contributed by atoms with Gasteiger partial charge in [-0.2, -0.15) is 0 Å². The number of para-hydroxylation sites is 1. The van der Waals surface area contributed by atoms with Crippen molar-refractivity contribution in [1.82, 2.24) is 15.3 Å². The molecule has 3 rings (SSSR count). The lowest BCUT2D eigenvalue weighted by Crippen LogP contribution is -2.28. The molecule has 1 unspecified atom stereocenters. The maximum absolute atomic E-state index is 11.8. The van der Waals surface area contributed by atoms with Gasteiger partial charge in [0, 0.05) is 18.7 Å². The third-order valence-corrected chi connectivity index (χ3v) is 4.71. The number of aromatic amines is 1. The summed E-state index contributed by atoms with van der Waals surface area (Å²) in [6.07, 6.45) is 3.43. The molecule has 1 aromatic heterocycles. The zero-order chi connectivity index (χ0) is 13.5. The van der Waals surface area contributed by atoms with E-state index in [9.17, 15) is 8.42 Å². The summed E-state index contributed by atoms with van der Waals surface area (Å²) < 4.78 is 23.5. The van der Waals surface area contributed by atoms with E-state index in [1.807, 2.05) is 6.07 Å². The van der Waals surface area contributed by atoms with Gasteiger partial charge in [0.15, 0.2) is 9.84 Å². The van der Waals surface area contributed by atoms with E-state index in [2.05, 4.69) is 15.3 Å². The van der Waals surface area contributed by atoms with Gasteiger partial charge in [-0.3, -0.25) is 0 Å². The predicted octanol–water partition coefficient (Wildman–Crippen LogP) is 1.43. The molecule has 2 aromatic rings. The van der Waals surface area contributed by atoms with Crippen molar-refractivity contribution in [3.8, 4) is 0 Å². The number of sulfone groups is 1. The van der Waals surface area contributed by atoms with Crippen LogP contribution in [0, 0.1) is 0 Å². The molecule has 19 heavy (non-hydrogen) atoms. The second-order valence-corrected chi connectivity index (χ2v) is 7.07. The van der Waals surface area contributed by atoms with Crippen LogP contribution in [0.25, 0.3) is 11.0 Å². The number of fused-ring (bicyclic) bond motifs is 1. The van der Waals surface area contributed by atoms with Crippen LogP contribution in [-0.2, 0) is 9.84 Å². The zero-order valence-electron chi connectivity index (χ0n) is 10.8. The van der Waals surface area contributed by atoms with E-state index in [0.29, 0.717) is 16.3 Å². The summed E-state index contributed by atoms with van der Waals surface area (Å²) in [6.45, 7) is 1.94. The second-order valence-electron chi connectivity index (χ2n) is 5.09. The highest BCUT2D eigenvalue weighted by Crippen LogP contribution is 2.26. The molecule has 0 saturated carbocycles. The lowest BCUT2D eigenvalue weighted by atomic mass is 9.99. The Morgan fingerprint density at radius 2 is 2.21 bits per heavy atom. The normalized spacial score (nSPS) is 20.8. The minimum atomic E-state index is -3.24. The first-order valence-corrected chi connectivity index (χ1v) is 8.34. The lowest BCUT2D eigenvalue weighted by molar-refractivity contribution is 0.449. The summed E-state index contributed by atoms with van der Waals surface area (Å²) in [5.74, 6) is 1.23. The fourth-order valence-corrected chi connectivity index (χ4v) is 3.44. The van der Waals surface area contributed by atoms with E-state index < -0.39 is 9.84 Å². The molecular formula is C13H17N3O2S. The number of imidazole rings is 1. The first kappa shape index (κ1) is 12.6. The van der Waals surface area contributed by atoms with Crippen molar-refractivity contribution < 1.29 is 8.42 Å². The predicted molar refractivity (Wildman–Crippen MR) is 74.0 cm³/mol. The minimum Gasteiger partial charge on any atom is -0.342 e. The number of piperidine rings is 1. The Bertz CT molecular complexity index is 700. The van der Waals surface area contributed by atoms with Gasteiger partial charge in [-0.25, -0.2) is 13.4 Å². The molecule has 1 aromatic carbocycles. The van der Waals surface area contributed by atoms with Crippen LogP contribution in [0.3, 0.4) is 0 Å². The average molecular weight is 279 g/mol. The Kier molecular flexibility index (Phi) is 3.06. The average Bonchev–Trinajstić information content (AvgIpc) is 2.82. The number of hydrogen-bond donors (Lipinski definition) is 2. The Hall–Kier alpha value is -1.40. The molecule has 2 heterocycles. The Morgan fingerprint density at radius 1 is 1.37 bits per heavy atom. The van der Waals surface area contributed by atoms with Crippen LogP contribution in [-0.4, -0.2) is 37.7 Å². The van der Waals surface area contributed by atoms with Crippen LogP contribution >= 0.6 is 0 Å². The smallest absolute Gasteiger partial charge is 0.177 e. The number of aromatic nitrogens is 2. The summed E-state index contributed by atoms with van der Waals surface area (Å²) in [4.78, 5) is 8.09. The number of benzene rings is 1. The van der Waals surface area contributed by atoms with E-state index in [1.165, 1.54) is 6.26 Å². The molecule has 1 saturated heterocycles. The Balaban J connectivity index is 2.10. The molecule has 0 amide bonds. The van der Waals surface area contributed by atoms with Gasteiger partial charge in [-0.05, 0) is 31.5 Å². The summed E-state index contributed by atoms with van der Waals surface area (Å²) in [5.41, 5.74) is 1.36. The maximum Gasteiger partial charge on any atom is 0.177 e. The quantitative estimate of drug-likeness (QED) is 0.872. The molecule has 0 aliphatic carbocycles. The van der Waals surface area contributed by atoms with Gasteiger partial charge in [-0.1, -0.05) is 6.07 Å². The summed E-state index contributed by atoms with van der Waals surface area (Å²) in [7, 11) is -3.24. The molecule has 2 N–H and O–H groups in total. The number of nitrogens with zero attached hydrogens (tertiary/aromatic N) is 1. The Labute approximate surface area is 112 Å². The van der Waals surface area contributed by atoms with Crippen molar-refractivity contribution in [2.24, 2.45) is 0 Å². The van der Waals surface area contributed by atoms with Gasteiger partial charge >= 0.3 is 0 Å².